The molecule has 0 atom stereocenters. The van der Waals surface area contributed by atoms with E-state index in [0.29, 0.717) is 0 Å². The first-order valence-electron chi connectivity index (χ1n) is 13.7. The summed E-state index contributed by atoms with van der Waals surface area (Å²) >= 11 is 0. The van der Waals surface area contributed by atoms with Gasteiger partial charge in [-0.1, -0.05) is 118 Å². The van der Waals surface area contributed by atoms with E-state index in [1.807, 2.05) is 0 Å². The second-order valence-electron chi connectivity index (χ2n) is 10.2. The van der Waals surface area contributed by atoms with Crippen molar-refractivity contribution in [2.45, 2.75) is 76.7 Å². The van der Waals surface area contributed by atoms with Crippen LogP contribution in [0.2, 0.25) is 0 Å². The van der Waals surface area contributed by atoms with Crippen LogP contribution in [0.15, 0.2) is 81.2 Å². The van der Waals surface area contributed by atoms with Gasteiger partial charge in [0, 0.05) is 10.8 Å². The predicted octanol–water partition coefficient (Wildman–Crippen LogP) is 10.7. The van der Waals surface area contributed by atoms with Crippen molar-refractivity contribution < 1.29 is 12.9 Å². The zero-order chi connectivity index (χ0) is 24.2. The Morgan fingerprint density at radius 3 is 1.47 bits per heavy atom. The minimum atomic E-state index is -1.55. The molecule has 3 nitrogen and oxygen atoms in total. The molecule has 0 N–H and O–H groups in total. The molecule has 186 valence electrons. The average molecular weight is 499 g/mol. The Hall–Kier alpha value is -2.74. The third kappa shape index (κ3) is 5.05. The maximum Gasteiger partial charge on any atom is 0.387 e. The summed E-state index contributed by atoms with van der Waals surface area (Å²) in [5.41, 5.74) is 1.70. The van der Waals surface area contributed by atoms with E-state index in [2.05, 4.69) is 72.8 Å². The molecule has 1 saturated carbocycles. The van der Waals surface area contributed by atoms with Gasteiger partial charge in [-0.25, -0.2) is 0 Å². The summed E-state index contributed by atoms with van der Waals surface area (Å²) in [7, 11) is -1.55. The molecule has 1 heterocycles. The Kier molecular flexibility index (Phi) is 7.30. The van der Waals surface area contributed by atoms with Gasteiger partial charge in [0.15, 0.2) is 0 Å². The highest BCUT2D eigenvalue weighted by Crippen LogP contribution is 2.41. The predicted molar refractivity (Wildman–Crippen MR) is 152 cm³/mol. The maximum absolute atomic E-state index is 6.67. The van der Waals surface area contributed by atoms with E-state index >= 15 is 0 Å². The lowest BCUT2D eigenvalue weighted by atomic mass is 9.99. The molecule has 0 aliphatic heterocycles. The molecule has 0 saturated heterocycles. The van der Waals surface area contributed by atoms with Crippen LogP contribution in [0.5, 0.6) is 0 Å². The zero-order valence-electron chi connectivity index (χ0n) is 21.0. The van der Waals surface area contributed by atoms with E-state index in [1.165, 1.54) is 79.3 Å². The first-order valence-corrected chi connectivity index (χ1v) is 14.8. The van der Waals surface area contributed by atoms with Crippen LogP contribution < -0.4 is 4.52 Å². The van der Waals surface area contributed by atoms with E-state index in [-0.39, 0.29) is 6.10 Å². The number of hydrogen-bond donors (Lipinski definition) is 0. The Labute approximate surface area is 214 Å². The Balaban J connectivity index is 1.49. The SMILES string of the molecule is c1ccc2c(c1)ccc1op(OC3CCCCCCCCCCC3)oc3ccc4ccccc4c3c12. The standard InChI is InChI=1S/C32H35O3P/c1-2-4-6-8-16-26(17-9-7-5-3-1)33-36-34-29-22-20-24-14-10-12-18-27(24)31(29)32-28-19-13-11-15-25(28)21-23-30(32)35-36/h10-15,18-23,26H,1-9,16-17H2. The number of benzene rings is 4. The molecule has 0 spiro atoms. The first kappa shape index (κ1) is 23.6. The van der Waals surface area contributed by atoms with Crippen molar-refractivity contribution in [3.8, 4) is 0 Å². The monoisotopic (exact) mass is 498 g/mol. The quantitative estimate of drug-likeness (QED) is 0.243. The van der Waals surface area contributed by atoms with Crippen LogP contribution in [0.3, 0.4) is 0 Å². The van der Waals surface area contributed by atoms with E-state index in [4.69, 9.17) is 12.9 Å². The smallest absolute Gasteiger partial charge is 0.387 e. The van der Waals surface area contributed by atoms with Crippen LogP contribution in [0.25, 0.3) is 43.5 Å². The second kappa shape index (κ2) is 11.1. The summed E-state index contributed by atoms with van der Waals surface area (Å²) in [6.45, 7) is 0. The molecule has 1 fully saturated rings. The lowest BCUT2D eigenvalue weighted by Gasteiger charge is -2.16. The van der Waals surface area contributed by atoms with E-state index < -0.39 is 8.24 Å². The van der Waals surface area contributed by atoms with Crippen LogP contribution in [-0.2, 0) is 0 Å². The van der Waals surface area contributed by atoms with Crippen molar-refractivity contribution >= 4 is 51.7 Å². The molecule has 0 radical (unpaired) electrons. The molecule has 0 amide bonds. The van der Waals surface area contributed by atoms with Crippen molar-refractivity contribution in [3.63, 3.8) is 0 Å². The van der Waals surface area contributed by atoms with Gasteiger partial charge in [0.25, 0.3) is 0 Å². The van der Waals surface area contributed by atoms with Crippen molar-refractivity contribution in [3.05, 3.63) is 72.8 Å². The molecule has 1 aliphatic rings. The van der Waals surface area contributed by atoms with Gasteiger partial charge in [-0.05, 0) is 46.5 Å². The summed E-state index contributed by atoms with van der Waals surface area (Å²) < 4.78 is 19.9. The van der Waals surface area contributed by atoms with E-state index in [0.717, 1.165) is 34.8 Å². The van der Waals surface area contributed by atoms with Crippen molar-refractivity contribution in [1.29, 1.82) is 0 Å². The zero-order valence-corrected chi connectivity index (χ0v) is 21.9. The average Bonchev–Trinajstić information content (AvgIpc) is 3.07. The topological polar surface area (TPSA) is 35.5 Å². The Bertz CT molecular complexity index is 1410. The molecule has 1 aromatic heterocycles. The van der Waals surface area contributed by atoms with Crippen molar-refractivity contribution in [2.75, 3.05) is 0 Å². The van der Waals surface area contributed by atoms with Crippen LogP contribution in [0.4, 0.5) is 0 Å². The molecule has 36 heavy (non-hydrogen) atoms. The molecule has 5 aromatic rings. The molecular formula is C32H35O3P. The fourth-order valence-electron chi connectivity index (χ4n) is 5.75. The minimum absolute atomic E-state index is 0.182. The molecule has 0 unspecified atom stereocenters. The van der Waals surface area contributed by atoms with Crippen LogP contribution in [0, 0.1) is 0 Å². The van der Waals surface area contributed by atoms with Crippen molar-refractivity contribution in [1.82, 2.24) is 0 Å². The summed E-state index contributed by atoms with van der Waals surface area (Å²) in [6.07, 6.45) is 14.2. The number of rotatable bonds is 2. The van der Waals surface area contributed by atoms with Gasteiger partial charge in [-0.2, -0.15) is 0 Å². The summed E-state index contributed by atoms with van der Waals surface area (Å²) in [4.78, 5) is 0. The number of fused-ring (bicyclic) bond motifs is 7. The van der Waals surface area contributed by atoms with Crippen LogP contribution in [0.1, 0.15) is 70.6 Å². The fraction of sp³-hybridized carbons (Fsp3) is 0.375. The minimum Gasteiger partial charge on any atom is -0.399 e. The largest absolute Gasteiger partial charge is 0.399 e. The van der Waals surface area contributed by atoms with Gasteiger partial charge < -0.3 is 8.39 Å². The van der Waals surface area contributed by atoms with Gasteiger partial charge >= 0.3 is 8.24 Å². The third-order valence-corrected chi connectivity index (χ3v) is 8.83. The summed E-state index contributed by atoms with van der Waals surface area (Å²) in [5, 5.41) is 6.97. The maximum atomic E-state index is 6.67. The van der Waals surface area contributed by atoms with E-state index in [9.17, 15) is 0 Å². The van der Waals surface area contributed by atoms with Crippen molar-refractivity contribution in [2.24, 2.45) is 0 Å². The lowest BCUT2D eigenvalue weighted by Crippen LogP contribution is -2.15. The van der Waals surface area contributed by atoms with Gasteiger partial charge in [0.1, 0.15) is 11.2 Å². The molecular weight excluding hydrogens is 463 g/mol. The van der Waals surface area contributed by atoms with Gasteiger partial charge in [0.05, 0.1) is 6.10 Å². The number of hydrogen-bond acceptors (Lipinski definition) is 3. The first-order chi connectivity index (χ1) is 17.9. The summed E-state index contributed by atoms with van der Waals surface area (Å²) in [6, 6.07) is 25.6. The summed E-state index contributed by atoms with van der Waals surface area (Å²) in [5.74, 6) is 0. The second-order valence-corrected chi connectivity index (χ2v) is 11.2. The van der Waals surface area contributed by atoms with Crippen LogP contribution in [-0.4, -0.2) is 6.10 Å². The normalized spacial score (nSPS) is 16.8. The molecule has 0 bridgehead atoms. The van der Waals surface area contributed by atoms with Gasteiger partial charge in [-0.3, -0.25) is 4.52 Å². The highest BCUT2D eigenvalue weighted by molar-refractivity contribution is 7.31. The molecule has 6 rings (SSSR count). The molecule has 4 aromatic carbocycles. The highest BCUT2D eigenvalue weighted by atomic mass is 31.1. The highest BCUT2D eigenvalue weighted by Gasteiger charge is 2.17. The van der Waals surface area contributed by atoms with Gasteiger partial charge in [-0.15, -0.1) is 0 Å². The molecule has 1 aliphatic carbocycles. The molecule has 4 heteroatoms. The Morgan fingerprint density at radius 2 is 0.972 bits per heavy atom. The van der Waals surface area contributed by atoms with E-state index in [1.54, 1.807) is 0 Å². The lowest BCUT2D eigenvalue weighted by molar-refractivity contribution is 0.220. The third-order valence-electron chi connectivity index (χ3n) is 7.66. The fourth-order valence-corrected chi connectivity index (χ4v) is 6.95. The Morgan fingerprint density at radius 1 is 0.528 bits per heavy atom. The van der Waals surface area contributed by atoms with Gasteiger partial charge in [0.2, 0.25) is 0 Å². The van der Waals surface area contributed by atoms with Crippen LogP contribution >= 0.6 is 8.24 Å².